The number of hydrogen-bond acceptors (Lipinski definition) is 4. The third kappa shape index (κ3) is 3.39. The number of nitrogens with zero attached hydrogens (tertiary/aromatic N) is 1. The number of hydrogen-bond donors (Lipinski definition) is 3. The molecule has 1 fully saturated rings. The van der Waals surface area contributed by atoms with Gasteiger partial charge < -0.3 is 10.6 Å². The van der Waals surface area contributed by atoms with Crippen molar-refractivity contribution in [3.63, 3.8) is 0 Å². The van der Waals surface area contributed by atoms with Crippen LogP contribution in [-0.4, -0.2) is 29.2 Å². The normalized spacial score (nSPS) is 15.6. The standard InChI is InChI=1S/C13H16N4OS.ClH/c18-13(9-3-5-14-6-4-9)15-12-8-10(16-17-12)11-2-1-7-19-11;/h1-2,7-9,14H,3-6H2,(H2,15,16,17,18);1H. The molecule has 3 N–H and O–H groups in total. The van der Waals surface area contributed by atoms with E-state index in [4.69, 9.17) is 0 Å². The fourth-order valence-electron chi connectivity index (χ4n) is 2.26. The fraction of sp³-hybridized carbons (Fsp3) is 0.385. The number of carbonyl (C=O) groups is 1. The number of anilines is 1. The summed E-state index contributed by atoms with van der Waals surface area (Å²) in [6.45, 7) is 1.83. The van der Waals surface area contributed by atoms with Gasteiger partial charge in [0.1, 0.15) is 0 Å². The van der Waals surface area contributed by atoms with E-state index in [9.17, 15) is 4.79 Å². The zero-order valence-electron chi connectivity index (χ0n) is 10.9. The molecule has 0 radical (unpaired) electrons. The number of carbonyl (C=O) groups excluding carboxylic acids is 1. The Bertz CT molecular complexity index is 548. The number of amides is 1. The van der Waals surface area contributed by atoms with Gasteiger partial charge in [-0.2, -0.15) is 5.10 Å². The Kier molecular flexibility index (Phi) is 5.17. The van der Waals surface area contributed by atoms with Gasteiger partial charge in [0.2, 0.25) is 5.91 Å². The largest absolute Gasteiger partial charge is 0.317 e. The van der Waals surface area contributed by atoms with Crippen molar-refractivity contribution in [3.05, 3.63) is 23.6 Å². The van der Waals surface area contributed by atoms with Gasteiger partial charge in [0, 0.05) is 12.0 Å². The first kappa shape index (κ1) is 15.0. The first-order valence-electron chi connectivity index (χ1n) is 6.44. The second-order valence-electron chi connectivity index (χ2n) is 4.66. The van der Waals surface area contributed by atoms with Crippen LogP contribution in [0.1, 0.15) is 12.8 Å². The van der Waals surface area contributed by atoms with E-state index in [0.29, 0.717) is 5.82 Å². The number of H-pyrrole nitrogens is 1. The van der Waals surface area contributed by atoms with Gasteiger partial charge in [-0.3, -0.25) is 9.89 Å². The number of piperidine rings is 1. The molecule has 1 amide bonds. The molecule has 3 rings (SSSR count). The summed E-state index contributed by atoms with van der Waals surface area (Å²) in [5.74, 6) is 0.779. The molecule has 0 aliphatic carbocycles. The molecule has 1 aliphatic heterocycles. The molecule has 0 bridgehead atoms. The molecule has 0 spiro atoms. The molecule has 7 heteroatoms. The van der Waals surface area contributed by atoms with Crippen molar-refractivity contribution >= 4 is 35.5 Å². The first-order chi connectivity index (χ1) is 9.33. The monoisotopic (exact) mass is 312 g/mol. The number of nitrogens with one attached hydrogen (secondary N) is 3. The maximum atomic E-state index is 12.1. The number of thiophene rings is 1. The molecule has 1 aliphatic rings. The number of rotatable bonds is 3. The highest BCUT2D eigenvalue weighted by atomic mass is 35.5. The van der Waals surface area contributed by atoms with Crippen molar-refractivity contribution in [1.29, 1.82) is 0 Å². The smallest absolute Gasteiger partial charge is 0.228 e. The number of aromatic nitrogens is 2. The van der Waals surface area contributed by atoms with Gasteiger partial charge in [0.15, 0.2) is 5.82 Å². The van der Waals surface area contributed by atoms with Crippen molar-refractivity contribution in [2.45, 2.75) is 12.8 Å². The van der Waals surface area contributed by atoms with Crippen molar-refractivity contribution in [2.24, 2.45) is 5.92 Å². The van der Waals surface area contributed by atoms with E-state index in [-0.39, 0.29) is 24.2 Å². The molecule has 20 heavy (non-hydrogen) atoms. The highest BCUT2D eigenvalue weighted by molar-refractivity contribution is 7.13. The molecule has 0 aromatic carbocycles. The van der Waals surface area contributed by atoms with Crippen molar-refractivity contribution in [3.8, 4) is 10.6 Å². The lowest BCUT2D eigenvalue weighted by atomic mass is 9.97. The summed E-state index contributed by atoms with van der Waals surface area (Å²) >= 11 is 1.64. The van der Waals surface area contributed by atoms with Crippen LogP contribution in [-0.2, 0) is 4.79 Å². The quantitative estimate of drug-likeness (QED) is 0.815. The van der Waals surface area contributed by atoms with Gasteiger partial charge in [-0.1, -0.05) is 6.07 Å². The Morgan fingerprint density at radius 1 is 1.40 bits per heavy atom. The van der Waals surface area contributed by atoms with Crippen molar-refractivity contribution < 1.29 is 4.79 Å². The molecule has 1 saturated heterocycles. The lowest BCUT2D eigenvalue weighted by Crippen LogP contribution is -2.34. The maximum absolute atomic E-state index is 12.1. The van der Waals surface area contributed by atoms with Crippen LogP contribution < -0.4 is 10.6 Å². The molecule has 3 heterocycles. The highest BCUT2D eigenvalue weighted by Gasteiger charge is 2.21. The van der Waals surface area contributed by atoms with E-state index < -0.39 is 0 Å². The summed E-state index contributed by atoms with van der Waals surface area (Å²) in [4.78, 5) is 13.2. The lowest BCUT2D eigenvalue weighted by Gasteiger charge is -2.21. The van der Waals surface area contributed by atoms with Crippen LogP contribution in [0.3, 0.4) is 0 Å². The van der Waals surface area contributed by atoms with E-state index in [2.05, 4.69) is 20.8 Å². The molecule has 0 unspecified atom stereocenters. The Labute approximate surface area is 127 Å². The Morgan fingerprint density at radius 3 is 2.90 bits per heavy atom. The summed E-state index contributed by atoms with van der Waals surface area (Å²) in [7, 11) is 0. The molecule has 0 atom stereocenters. The van der Waals surface area contributed by atoms with Gasteiger partial charge in [-0.15, -0.1) is 23.7 Å². The summed E-state index contributed by atoms with van der Waals surface area (Å²) in [6.07, 6.45) is 1.79. The fourth-order valence-corrected chi connectivity index (χ4v) is 2.95. The van der Waals surface area contributed by atoms with E-state index in [1.807, 2.05) is 23.6 Å². The van der Waals surface area contributed by atoms with Gasteiger partial charge in [0.05, 0.1) is 10.6 Å². The van der Waals surface area contributed by atoms with Gasteiger partial charge in [0.25, 0.3) is 0 Å². The van der Waals surface area contributed by atoms with Crippen LogP contribution in [0.5, 0.6) is 0 Å². The zero-order chi connectivity index (χ0) is 13.1. The zero-order valence-corrected chi connectivity index (χ0v) is 12.5. The lowest BCUT2D eigenvalue weighted by molar-refractivity contribution is -0.120. The molecular weight excluding hydrogens is 296 g/mol. The SMILES string of the molecule is Cl.O=C(Nc1cc(-c2cccs2)[nH]n1)C1CCNCC1. The average Bonchev–Trinajstić information content (AvgIpc) is 3.10. The minimum absolute atomic E-state index is 0. The predicted octanol–water partition coefficient (Wildman–Crippen LogP) is 2.50. The van der Waals surface area contributed by atoms with Crippen LogP contribution >= 0.6 is 23.7 Å². The third-order valence-electron chi connectivity index (χ3n) is 3.33. The minimum Gasteiger partial charge on any atom is -0.317 e. The van der Waals surface area contributed by atoms with Crippen LogP contribution in [0.15, 0.2) is 23.6 Å². The summed E-state index contributed by atoms with van der Waals surface area (Å²) < 4.78 is 0. The molecule has 5 nitrogen and oxygen atoms in total. The van der Waals surface area contributed by atoms with Gasteiger partial charge >= 0.3 is 0 Å². The molecule has 108 valence electrons. The van der Waals surface area contributed by atoms with Gasteiger partial charge in [-0.25, -0.2) is 0 Å². The van der Waals surface area contributed by atoms with Crippen molar-refractivity contribution in [1.82, 2.24) is 15.5 Å². The first-order valence-corrected chi connectivity index (χ1v) is 7.32. The summed E-state index contributed by atoms with van der Waals surface area (Å²) in [5.41, 5.74) is 0.940. The minimum atomic E-state index is 0. The van der Waals surface area contributed by atoms with Crippen LogP contribution in [0, 0.1) is 5.92 Å². The van der Waals surface area contributed by atoms with E-state index >= 15 is 0 Å². The molecule has 0 saturated carbocycles. The second kappa shape index (κ2) is 6.88. The van der Waals surface area contributed by atoms with E-state index in [1.54, 1.807) is 11.3 Å². The number of aromatic amines is 1. The van der Waals surface area contributed by atoms with Crippen LogP contribution in [0.4, 0.5) is 5.82 Å². The van der Waals surface area contributed by atoms with E-state index in [1.165, 1.54) is 0 Å². The highest BCUT2D eigenvalue weighted by Crippen LogP contribution is 2.24. The average molecular weight is 313 g/mol. The van der Waals surface area contributed by atoms with Gasteiger partial charge in [-0.05, 0) is 37.4 Å². The Morgan fingerprint density at radius 2 is 2.20 bits per heavy atom. The number of halogens is 1. The summed E-state index contributed by atoms with van der Waals surface area (Å²) in [6, 6.07) is 5.90. The summed E-state index contributed by atoms with van der Waals surface area (Å²) in [5, 5.41) is 15.3. The topological polar surface area (TPSA) is 69.8 Å². The second-order valence-corrected chi connectivity index (χ2v) is 5.61. The predicted molar refractivity (Wildman–Crippen MR) is 83.4 cm³/mol. The van der Waals surface area contributed by atoms with Crippen molar-refractivity contribution in [2.75, 3.05) is 18.4 Å². The van der Waals surface area contributed by atoms with Crippen LogP contribution in [0.2, 0.25) is 0 Å². The molecular formula is C13H17ClN4OS. The molecule has 2 aromatic heterocycles. The Hall–Kier alpha value is -1.37. The Balaban J connectivity index is 0.00000147. The van der Waals surface area contributed by atoms with Crippen LogP contribution in [0.25, 0.3) is 10.6 Å². The maximum Gasteiger partial charge on any atom is 0.228 e. The third-order valence-corrected chi connectivity index (χ3v) is 4.23. The van der Waals surface area contributed by atoms with E-state index in [0.717, 1.165) is 36.5 Å². The molecule has 2 aromatic rings.